The fourth-order valence-corrected chi connectivity index (χ4v) is 2.74. The third-order valence-corrected chi connectivity index (χ3v) is 4.44. The van der Waals surface area contributed by atoms with Gasteiger partial charge in [0.25, 0.3) is 11.8 Å². The van der Waals surface area contributed by atoms with Crippen LogP contribution in [0.3, 0.4) is 0 Å². The van der Waals surface area contributed by atoms with Crippen molar-refractivity contribution in [3.8, 4) is 0 Å². The first kappa shape index (κ1) is 17.7. The molecular formula is C19H21N3O4. The van der Waals surface area contributed by atoms with Gasteiger partial charge in [-0.1, -0.05) is 6.92 Å². The summed E-state index contributed by atoms with van der Waals surface area (Å²) in [5, 5.41) is 2.83. The Labute approximate surface area is 151 Å². The molecule has 0 aliphatic heterocycles. The molecule has 0 radical (unpaired) electrons. The second-order valence-corrected chi connectivity index (χ2v) is 6.62. The van der Waals surface area contributed by atoms with E-state index in [0.717, 1.165) is 6.42 Å². The minimum atomic E-state index is -0.454. The average molecular weight is 355 g/mol. The molecule has 26 heavy (non-hydrogen) atoms. The smallest absolute Gasteiger partial charge is 0.273 e. The summed E-state index contributed by atoms with van der Waals surface area (Å²) in [4.78, 5) is 36.1. The van der Waals surface area contributed by atoms with Gasteiger partial charge in [0.1, 0.15) is 11.5 Å². The summed E-state index contributed by atoms with van der Waals surface area (Å²) >= 11 is 0. The largest absolute Gasteiger partial charge is 0.466 e. The highest BCUT2D eigenvalue weighted by atomic mass is 16.3. The van der Waals surface area contributed by atoms with Crippen molar-refractivity contribution in [2.75, 3.05) is 5.32 Å². The van der Waals surface area contributed by atoms with E-state index in [4.69, 9.17) is 4.42 Å². The zero-order valence-corrected chi connectivity index (χ0v) is 14.9. The summed E-state index contributed by atoms with van der Waals surface area (Å²) in [7, 11) is 0. The molecule has 0 saturated heterocycles. The van der Waals surface area contributed by atoms with E-state index in [1.54, 1.807) is 44.2 Å². The number of amides is 3. The monoisotopic (exact) mass is 355 g/mol. The number of hydrazine groups is 1. The predicted molar refractivity (Wildman–Crippen MR) is 95.5 cm³/mol. The Balaban J connectivity index is 1.54. The Morgan fingerprint density at radius 2 is 1.65 bits per heavy atom. The van der Waals surface area contributed by atoms with Crippen LogP contribution >= 0.6 is 0 Å². The van der Waals surface area contributed by atoms with Gasteiger partial charge in [0.05, 0.1) is 5.56 Å². The summed E-state index contributed by atoms with van der Waals surface area (Å²) in [6.45, 7) is 5.46. The molecule has 0 bridgehead atoms. The summed E-state index contributed by atoms with van der Waals surface area (Å²) in [6.07, 6.45) is 0.918. The van der Waals surface area contributed by atoms with Gasteiger partial charge in [-0.15, -0.1) is 0 Å². The van der Waals surface area contributed by atoms with Gasteiger partial charge < -0.3 is 9.73 Å². The van der Waals surface area contributed by atoms with E-state index in [-0.39, 0.29) is 11.8 Å². The van der Waals surface area contributed by atoms with Crippen molar-refractivity contribution >= 4 is 23.4 Å². The van der Waals surface area contributed by atoms with Crippen LogP contribution in [0.1, 0.15) is 45.6 Å². The maximum absolute atomic E-state index is 12.1. The quantitative estimate of drug-likeness (QED) is 0.734. The van der Waals surface area contributed by atoms with Crippen LogP contribution in [0.4, 0.5) is 5.69 Å². The summed E-state index contributed by atoms with van der Waals surface area (Å²) in [5.74, 6) is 0.735. The highest BCUT2D eigenvalue weighted by Crippen LogP contribution is 2.38. The molecule has 7 nitrogen and oxygen atoms in total. The zero-order valence-electron chi connectivity index (χ0n) is 14.9. The molecule has 1 aromatic carbocycles. The highest BCUT2D eigenvalue weighted by Gasteiger charge is 2.39. The fraction of sp³-hybridized carbons (Fsp3) is 0.316. The van der Waals surface area contributed by atoms with Crippen LogP contribution in [0.2, 0.25) is 0 Å². The summed E-state index contributed by atoms with van der Waals surface area (Å²) in [6, 6.07) is 8.09. The molecule has 3 rings (SSSR count). The summed E-state index contributed by atoms with van der Waals surface area (Å²) in [5.41, 5.74) is 6.09. The molecule has 1 saturated carbocycles. The standard InChI is InChI=1S/C19H21N3O4/c1-10-8-15(10)18(24)20-14-6-4-13(5-7-14)17(23)21-22-19(25)16-9-11(2)26-12(16)3/h4-7,9-10,15H,8H2,1-3H3,(H,20,24)(H,21,23)(H,22,25). The van der Waals surface area contributed by atoms with Crippen molar-refractivity contribution in [3.63, 3.8) is 0 Å². The Morgan fingerprint density at radius 1 is 1.04 bits per heavy atom. The maximum Gasteiger partial charge on any atom is 0.273 e. The number of aryl methyl sites for hydroxylation is 2. The van der Waals surface area contributed by atoms with Crippen LogP contribution in [0.25, 0.3) is 0 Å². The highest BCUT2D eigenvalue weighted by molar-refractivity contribution is 6.00. The third kappa shape index (κ3) is 3.93. The van der Waals surface area contributed by atoms with Crippen LogP contribution < -0.4 is 16.2 Å². The lowest BCUT2D eigenvalue weighted by Gasteiger charge is -2.08. The summed E-state index contributed by atoms with van der Waals surface area (Å²) < 4.78 is 5.29. The normalized spacial score (nSPS) is 18.1. The first-order valence-corrected chi connectivity index (χ1v) is 8.44. The minimum Gasteiger partial charge on any atom is -0.466 e. The van der Waals surface area contributed by atoms with E-state index in [9.17, 15) is 14.4 Å². The lowest BCUT2D eigenvalue weighted by Crippen LogP contribution is -2.41. The van der Waals surface area contributed by atoms with Crippen LogP contribution in [-0.4, -0.2) is 17.7 Å². The number of furan rings is 1. The molecule has 2 aromatic rings. The number of carbonyl (C=O) groups excluding carboxylic acids is 3. The average Bonchev–Trinajstić information content (AvgIpc) is 3.24. The van der Waals surface area contributed by atoms with Crippen LogP contribution in [0.15, 0.2) is 34.7 Å². The molecule has 2 atom stereocenters. The number of benzene rings is 1. The molecule has 1 aliphatic carbocycles. The first-order chi connectivity index (χ1) is 12.3. The van der Waals surface area contributed by atoms with Crippen molar-refractivity contribution in [1.29, 1.82) is 0 Å². The molecule has 3 amide bonds. The minimum absolute atomic E-state index is 0.00717. The SMILES string of the molecule is Cc1cc(C(=O)NNC(=O)c2ccc(NC(=O)C3CC3C)cc2)c(C)o1. The molecule has 1 fully saturated rings. The van der Waals surface area contributed by atoms with Crippen molar-refractivity contribution in [2.24, 2.45) is 11.8 Å². The molecule has 7 heteroatoms. The molecule has 2 unspecified atom stereocenters. The van der Waals surface area contributed by atoms with Gasteiger partial charge in [-0.25, -0.2) is 0 Å². The van der Waals surface area contributed by atoms with E-state index < -0.39 is 11.8 Å². The van der Waals surface area contributed by atoms with Crippen molar-refractivity contribution in [2.45, 2.75) is 27.2 Å². The van der Waals surface area contributed by atoms with Gasteiger partial charge in [0.2, 0.25) is 5.91 Å². The third-order valence-electron chi connectivity index (χ3n) is 4.44. The van der Waals surface area contributed by atoms with E-state index in [1.807, 2.05) is 6.92 Å². The van der Waals surface area contributed by atoms with Crippen LogP contribution in [0, 0.1) is 25.7 Å². The molecule has 136 valence electrons. The second kappa shape index (κ2) is 7.03. The Morgan fingerprint density at radius 3 is 2.19 bits per heavy atom. The van der Waals surface area contributed by atoms with E-state index >= 15 is 0 Å². The molecule has 1 heterocycles. The number of carbonyl (C=O) groups is 3. The Hall–Kier alpha value is -3.09. The van der Waals surface area contributed by atoms with Crippen molar-refractivity contribution in [1.82, 2.24) is 10.9 Å². The van der Waals surface area contributed by atoms with Crippen molar-refractivity contribution in [3.05, 3.63) is 53.0 Å². The van der Waals surface area contributed by atoms with E-state index in [1.165, 1.54) is 0 Å². The topological polar surface area (TPSA) is 100 Å². The number of anilines is 1. The molecule has 1 aliphatic rings. The second-order valence-electron chi connectivity index (χ2n) is 6.62. The van der Waals surface area contributed by atoms with Crippen LogP contribution in [-0.2, 0) is 4.79 Å². The zero-order chi connectivity index (χ0) is 18.8. The van der Waals surface area contributed by atoms with Gasteiger partial charge in [-0.05, 0) is 56.5 Å². The lowest BCUT2D eigenvalue weighted by atomic mass is 10.2. The van der Waals surface area contributed by atoms with Crippen molar-refractivity contribution < 1.29 is 18.8 Å². The number of hydrogen-bond donors (Lipinski definition) is 3. The number of hydrogen-bond acceptors (Lipinski definition) is 4. The Kier molecular flexibility index (Phi) is 4.79. The molecule has 0 spiro atoms. The molecular weight excluding hydrogens is 334 g/mol. The van der Waals surface area contributed by atoms with E-state index in [0.29, 0.717) is 34.3 Å². The fourth-order valence-electron chi connectivity index (χ4n) is 2.74. The molecule has 1 aromatic heterocycles. The first-order valence-electron chi connectivity index (χ1n) is 8.44. The van der Waals surface area contributed by atoms with Gasteiger partial charge in [-0.2, -0.15) is 0 Å². The van der Waals surface area contributed by atoms with Gasteiger partial charge in [0.15, 0.2) is 0 Å². The van der Waals surface area contributed by atoms with E-state index in [2.05, 4.69) is 16.2 Å². The van der Waals surface area contributed by atoms with Gasteiger partial charge >= 0.3 is 0 Å². The van der Waals surface area contributed by atoms with Crippen LogP contribution in [0.5, 0.6) is 0 Å². The molecule has 3 N–H and O–H groups in total. The lowest BCUT2D eigenvalue weighted by molar-refractivity contribution is -0.117. The Bertz CT molecular complexity index is 854. The number of nitrogens with one attached hydrogen (secondary N) is 3. The predicted octanol–water partition coefficient (Wildman–Crippen LogP) is 2.57. The number of rotatable bonds is 4. The maximum atomic E-state index is 12.1. The van der Waals surface area contributed by atoms with Gasteiger partial charge in [-0.3, -0.25) is 25.2 Å². The van der Waals surface area contributed by atoms with Gasteiger partial charge in [0, 0.05) is 17.2 Å².